The predicted molar refractivity (Wildman–Crippen MR) is 61.6 cm³/mol. The predicted octanol–water partition coefficient (Wildman–Crippen LogP) is 1.39. The number of hydrogen-bond acceptors (Lipinski definition) is 6. The highest BCUT2D eigenvalue weighted by Gasteiger charge is 2.10. The molecule has 0 fully saturated rings. The van der Waals surface area contributed by atoms with Crippen molar-refractivity contribution >= 4 is 11.7 Å². The molecule has 94 valence electrons. The van der Waals surface area contributed by atoms with Crippen LogP contribution in [0.15, 0.2) is 28.9 Å². The smallest absolute Gasteiger partial charge is 0.358 e. The standard InChI is InChI=1S/C11H11N3O4/c1-17-10-3-2-7(5-13-10)12-6-8-4-9(11(15)16)14-18-8/h2-5,12H,6H2,1H3,(H,15,16). The molecule has 2 aromatic rings. The molecule has 0 saturated carbocycles. The number of aromatic carboxylic acids is 1. The topological polar surface area (TPSA) is 97.5 Å². The molecule has 7 heteroatoms. The number of aromatic nitrogens is 2. The summed E-state index contributed by atoms with van der Waals surface area (Å²) in [6, 6.07) is 4.87. The van der Waals surface area contributed by atoms with Crippen LogP contribution in [0.1, 0.15) is 16.2 Å². The first-order valence-corrected chi connectivity index (χ1v) is 5.12. The maximum absolute atomic E-state index is 10.6. The zero-order valence-corrected chi connectivity index (χ0v) is 9.58. The summed E-state index contributed by atoms with van der Waals surface area (Å²) in [4.78, 5) is 14.6. The van der Waals surface area contributed by atoms with E-state index in [9.17, 15) is 4.79 Å². The molecule has 0 amide bonds. The van der Waals surface area contributed by atoms with Crippen LogP contribution in [0, 0.1) is 0 Å². The molecule has 0 saturated heterocycles. The Labute approximate surface area is 102 Å². The molecule has 18 heavy (non-hydrogen) atoms. The minimum absolute atomic E-state index is 0.111. The van der Waals surface area contributed by atoms with E-state index in [2.05, 4.69) is 15.5 Å². The second kappa shape index (κ2) is 5.17. The fraction of sp³-hybridized carbons (Fsp3) is 0.182. The molecule has 0 bridgehead atoms. The second-order valence-electron chi connectivity index (χ2n) is 3.43. The van der Waals surface area contributed by atoms with Crippen LogP contribution in [0.5, 0.6) is 5.88 Å². The van der Waals surface area contributed by atoms with Gasteiger partial charge in [-0.1, -0.05) is 5.16 Å². The van der Waals surface area contributed by atoms with E-state index in [1.165, 1.54) is 13.2 Å². The summed E-state index contributed by atoms with van der Waals surface area (Å²) in [6.45, 7) is 0.328. The summed E-state index contributed by atoms with van der Waals surface area (Å²) < 4.78 is 9.78. The number of carboxylic acid groups (broad SMARTS) is 1. The summed E-state index contributed by atoms with van der Waals surface area (Å²) in [7, 11) is 1.54. The van der Waals surface area contributed by atoms with E-state index >= 15 is 0 Å². The molecule has 0 atom stereocenters. The van der Waals surface area contributed by atoms with Crippen molar-refractivity contribution in [3.63, 3.8) is 0 Å². The molecule has 0 aliphatic heterocycles. The number of carbonyl (C=O) groups is 1. The Hall–Kier alpha value is -2.57. The van der Waals surface area contributed by atoms with Gasteiger partial charge in [0.25, 0.3) is 0 Å². The lowest BCUT2D eigenvalue weighted by Crippen LogP contribution is -1.99. The number of carboxylic acids is 1. The van der Waals surface area contributed by atoms with E-state index in [-0.39, 0.29) is 5.69 Å². The lowest BCUT2D eigenvalue weighted by atomic mass is 10.3. The third-order valence-electron chi connectivity index (χ3n) is 2.19. The van der Waals surface area contributed by atoms with E-state index in [4.69, 9.17) is 14.4 Å². The molecule has 0 aliphatic rings. The van der Waals surface area contributed by atoms with Crippen LogP contribution in [0.25, 0.3) is 0 Å². The van der Waals surface area contributed by atoms with Gasteiger partial charge in [-0.15, -0.1) is 0 Å². The Morgan fingerprint density at radius 3 is 2.94 bits per heavy atom. The lowest BCUT2D eigenvalue weighted by molar-refractivity contribution is 0.0685. The largest absolute Gasteiger partial charge is 0.481 e. The van der Waals surface area contributed by atoms with Gasteiger partial charge in [-0.3, -0.25) is 0 Å². The van der Waals surface area contributed by atoms with E-state index in [0.717, 1.165) is 5.69 Å². The van der Waals surface area contributed by atoms with E-state index < -0.39 is 5.97 Å². The molecule has 0 spiro atoms. The first kappa shape index (κ1) is 11.9. The fourth-order valence-corrected chi connectivity index (χ4v) is 1.29. The Balaban J connectivity index is 1.95. The number of pyridine rings is 1. The van der Waals surface area contributed by atoms with Crippen molar-refractivity contribution in [3.05, 3.63) is 35.9 Å². The summed E-state index contributed by atoms with van der Waals surface area (Å²) >= 11 is 0. The van der Waals surface area contributed by atoms with E-state index in [1.54, 1.807) is 18.3 Å². The summed E-state index contributed by atoms with van der Waals surface area (Å²) in [5.74, 6) is -0.160. The van der Waals surface area contributed by atoms with Gasteiger partial charge >= 0.3 is 5.97 Å². The van der Waals surface area contributed by atoms with Gasteiger partial charge in [-0.2, -0.15) is 0 Å². The Morgan fingerprint density at radius 1 is 1.56 bits per heavy atom. The SMILES string of the molecule is COc1ccc(NCc2cc(C(=O)O)no2)cn1. The average molecular weight is 249 g/mol. The van der Waals surface area contributed by atoms with Gasteiger partial charge in [-0.25, -0.2) is 9.78 Å². The van der Waals surface area contributed by atoms with Crippen LogP contribution in [0.3, 0.4) is 0 Å². The van der Waals surface area contributed by atoms with Gasteiger partial charge in [0.05, 0.1) is 25.5 Å². The number of nitrogens with zero attached hydrogens (tertiary/aromatic N) is 2. The zero-order valence-electron chi connectivity index (χ0n) is 9.58. The maximum Gasteiger partial charge on any atom is 0.358 e. The Bertz CT molecular complexity index is 535. The quantitative estimate of drug-likeness (QED) is 0.826. The molecule has 2 N–H and O–H groups in total. The summed E-state index contributed by atoms with van der Waals surface area (Å²) in [6.07, 6.45) is 1.60. The number of methoxy groups -OCH3 is 1. The molecule has 0 aromatic carbocycles. The molecular weight excluding hydrogens is 238 g/mol. The second-order valence-corrected chi connectivity index (χ2v) is 3.43. The van der Waals surface area contributed by atoms with Crippen molar-refractivity contribution < 1.29 is 19.2 Å². The zero-order chi connectivity index (χ0) is 13.0. The third-order valence-corrected chi connectivity index (χ3v) is 2.19. The van der Waals surface area contributed by atoms with Gasteiger partial charge in [0.2, 0.25) is 5.88 Å². The lowest BCUT2D eigenvalue weighted by Gasteiger charge is -2.03. The van der Waals surface area contributed by atoms with Crippen LogP contribution in [0.2, 0.25) is 0 Å². The fourth-order valence-electron chi connectivity index (χ4n) is 1.29. The van der Waals surface area contributed by atoms with Crippen LogP contribution in [-0.2, 0) is 6.54 Å². The van der Waals surface area contributed by atoms with Gasteiger partial charge in [0, 0.05) is 12.1 Å². The Kier molecular flexibility index (Phi) is 3.42. The molecule has 0 radical (unpaired) electrons. The molecule has 7 nitrogen and oxygen atoms in total. The van der Waals surface area contributed by atoms with Gasteiger partial charge < -0.3 is 19.7 Å². The molecule has 0 unspecified atom stereocenters. The maximum atomic E-state index is 10.6. The van der Waals surface area contributed by atoms with Crippen molar-refractivity contribution in [2.45, 2.75) is 6.54 Å². The van der Waals surface area contributed by atoms with Gasteiger partial charge in [0.1, 0.15) is 0 Å². The number of hydrogen-bond donors (Lipinski definition) is 2. The molecular formula is C11H11N3O4. The average Bonchev–Trinajstić information content (AvgIpc) is 2.86. The monoisotopic (exact) mass is 249 g/mol. The first-order valence-electron chi connectivity index (χ1n) is 5.12. The molecule has 2 rings (SSSR count). The van der Waals surface area contributed by atoms with Crippen LogP contribution >= 0.6 is 0 Å². The van der Waals surface area contributed by atoms with Crippen molar-refractivity contribution in [1.82, 2.24) is 10.1 Å². The van der Waals surface area contributed by atoms with Crippen LogP contribution in [-0.4, -0.2) is 28.3 Å². The van der Waals surface area contributed by atoms with Crippen molar-refractivity contribution in [2.75, 3.05) is 12.4 Å². The molecule has 2 heterocycles. The highest BCUT2D eigenvalue weighted by molar-refractivity contribution is 5.85. The number of nitrogens with one attached hydrogen (secondary N) is 1. The molecule has 0 aliphatic carbocycles. The highest BCUT2D eigenvalue weighted by Crippen LogP contribution is 2.12. The number of rotatable bonds is 5. The normalized spacial score (nSPS) is 10.1. The van der Waals surface area contributed by atoms with Crippen molar-refractivity contribution in [1.29, 1.82) is 0 Å². The van der Waals surface area contributed by atoms with E-state index in [0.29, 0.717) is 18.2 Å². The van der Waals surface area contributed by atoms with Gasteiger partial charge in [-0.05, 0) is 6.07 Å². The molecule has 2 aromatic heterocycles. The summed E-state index contributed by atoms with van der Waals surface area (Å²) in [5.41, 5.74) is 0.656. The Morgan fingerprint density at radius 2 is 2.39 bits per heavy atom. The van der Waals surface area contributed by atoms with E-state index in [1.807, 2.05) is 0 Å². The highest BCUT2D eigenvalue weighted by atomic mass is 16.5. The minimum Gasteiger partial charge on any atom is -0.481 e. The third kappa shape index (κ3) is 2.76. The first-order chi connectivity index (χ1) is 8.69. The summed E-state index contributed by atoms with van der Waals surface area (Å²) in [5, 5.41) is 15.1. The van der Waals surface area contributed by atoms with Gasteiger partial charge in [0.15, 0.2) is 11.5 Å². The number of anilines is 1. The number of ether oxygens (including phenoxy) is 1. The van der Waals surface area contributed by atoms with Crippen LogP contribution in [0.4, 0.5) is 5.69 Å². The van der Waals surface area contributed by atoms with Crippen molar-refractivity contribution in [2.24, 2.45) is 0 Å². The van der Waals surface area contributed by atoms with Crippen molar-refractivity contribution in [3.8, 4) is 5.88 Å². The minimum atomic E-state index is -1.11. The van der Waals surface area contributed by atoms with Crippen LogP contribution < -0.4 is 10.1 Å².